The molecule has 0 amide bonds. The summed E-state index contributed by atoms with van der Waals surface area (Å²) < 4.78 is 5.75. The number of anilines is 1. The number of rotatable bonds is 19. The number of aliphatic carboxylic acids is 1. The van der Waals surface area contributed by atoms with Gasteiger partial charge in [-0.1, -0.05) is 75.8 Å². The summed E-state index contributed by atoms with van der Waals surface area (Å²) in [5.74, 6) is -0.511. The maximum atomic E-state index is 14.1. The number of para-hydroxylation sites is 1. The Morgan fingerprint density at radius 3 is 2.53 bits per heavy atom. The highest BCUT2D eigenvalue weighted by molar-refractivity contribution is 5.83. The number of likely N-dealkylation sites (tertiary alicyclic amines) is 1. The third kappa shape index (κ3) is 8.95. The number of unbranched alkanes of at least 4 members (excludes halogenated alkanes) is 5. The van der Waals surface area contributed by atoms with Crippen molar-refractivity contribution >= 4 is 17.4 Å². The first kappa shape index (κ1) is 35.4. The van der Waals surface area contributed by atoms with Crippen LogP contribution in [0.4, 0.5) is 5.69 Å². The summed E-state index contributed by atoms with van der Waals surface area (Å²) in [6, 6.07) is 13.9. The largest absolute Gasteiger partial charge is 0.493 e. The Labute approximate surface area is 282 Å². The van der Waals surface area contributed by atoms with E-state index in [1.165, 1.54) is 12.8 Å². The van der Waals surface area contributed by atoms with Crippen LogP contribution in [0.1, 0.15) is 93.7 Å². The van der Waals surface area contributed by atoms with E-state index in [9.17, 15) is 19.8 Å². The van der Waals surface area contributed by atoms with Crippen LogP contribution < -0.4 is 9.64 Å². The summed E-state index contributed by atoms with van der Waals surface area (Å²) >= 11 is 0. The van der Waals surface area contributed by atoms with Gasteiger partial charge < -0.3 is 24.7 Å². The van der Waals surface area contributed by atoms with Crippen LogP contribution in [0.25, 0.3) is 0 Å². The molecule has 8 nitrogen and oxygen atoms in total. The van der Waals surface area contributed by atoms with Crippen LogP contribution in [-0.2, 0) is 22.4 Å². The van der Waals surface area contributed by atoms with Gasteiger partial charge in [-0.2, -0.15) is 0 Å². The summed E-state index contributed by atoms with van der Waals surface area (Å²) in [7, 11) is 4.22. The number of carboxylic acids is 1. The summed E-state index contributed by atoms with van der Waals surface area (Å²) in [6.45, 7) is 5.31. The molecular formula is C39H57N3O5. The monoisotopic (exact) mass is 647 g/mol. The van der Waals surface area contributed by atoms with E-state index in [0.717, 1.165) is 86.0 Å². The highest BCUT2D eigenvalue weighted by Crippen LogP contribution is 2.42. The first-order valence-corrected chi connectivity index (χ1v) is 18.2. The van der Waals surface area contributed by atoms with E-state index in [2.05, 4.69) is 36.9 Å². The maximum absolute atomic E-state index is 14.1. The van der Waals surface area contributed by atoms with Crippen molar-refractivity contribution in [3.63, 3.8) is 0 Å². The molecule has 1 saturated heterocycles. The zero-order valence-electron chi connectivity index (χ0n) is 28.9. The van der Waals surface area contributed by atoms with Crippen molar-refractivity contribution in [3.05, 3.63) is 59.2 Å². The average molecular weight is 648 g/mol. The van der Waals surface area contributed by atoms with Crippen LogP contribution in [-0.4, -0.2) is 90.9 Å². The van der Waals surface area contributed by atoms with Gasteiger partial charge in [0.2, 0.25) is 0 Å². The quantitative estimate of drug-likeness (QED) is 0.176. The first-order valence-electron chi connectivity index (χ1n) is 18.2. The minimum absolute atomic E-state index is 0.0165. The van der Waals surface area contributed by atoms with Gasteiger partial charge in [0.1, 0.15) is 17.8 Å². The molecule has 8 heteroatoms. The predicted octanol–water partition coefficient (Wildman–Crippen LogP) is 6.14. The number of carbonyl (C=O) groups excluding carboxylic acids is 1. The van der Waals surface area contributed by atoms with Crippen molar-refractivity contribution in [2.45, 2.75) is 102 Å². The van der Waals surface area contributed by atoms with Crippen molar-refractivity contribution in [1.29, 1.82) is 0 Å². The van der Waals surface area contributed by atoms with Crippen LogP contribution in [0.5, 0.6) is 5.75 Å². The number of aliphatic hydroxyl groups excluding tert-OH is 1. The van der Waals surface area contributed by atoms with Crippen molar-refractivity contribution in [2.75, 3.05) is 51.8 Å². The smallest absolute Gasteiger partial charge is 0.308 e. The topological polar surface area (TPSA) is 93.5 Å². The molecule has 2 aromatic rings. The molecule has 0 aromatic heterocycles. The van der Waals surface area contributed by atoms with Gasteiger partial charge >= 0.3 is 5.97 Å². The van der Waals surface area contributed by atoms with E-state index in [4.69, 9.17) is 4.74 Å². The van der Waals surface area contributed by atoms with E-state index in [1.807, 2.05) is 41.3 Å². The predicted molar refractivity (Wildman–Crippen MR) is 187 cm³/mol. The second-order valence-corrected chi connectivity index (χ2v) is 14.4. The second kappa shape index (κ2) is 16.9. The number of hydrogen-bond donors (Lipinski definition) is 2. The Balaban J connectivity index is 1.34. The van der Waals surface area contributed by atoms with Gasteiger partial charge in [0.05, 0.1) is 19.1 Å². The Morgan fingerprint density at radius 2 is 1.77 bits per heavy atom. The van der Waals surface area contributed by atoms with Gasteiger partial charge in [-0.25, -0.2) is 0 Å². The number of hydrogen-bond acceptors (Lipinski definition) is 7. The Bertz CT molecular complexity index is 1330. The van der Waals surface area contributed by atoms with Gasteiger partial charge in [-0.15, -0.1) is 0 Å². The lowest BCUT2D eigenvalue weighted by Gasteiger charge is -2.31. The number of ether oxygens (including phenoxy) is 1. The minimum atomic E-state index is -0.814. The molecule has 3 aliphatic heterocycles. The molecule has 0 bridgehead atoms. The van der Waals surface area contributed by atoms with Gasteiger partial charge in [-0.3, -0.25) is 14.5 Å². The van der Waals surface area contributed by atoms with Crippen molar-refractivity contribution in [1.82, 2.24) is 9.80 Å². The van der Waals surface area contributed by atoms with Gasteiger partial charge in [-0.05, 0) is 75.1 Å². The second-order valence-electron chi connectivity index (χ2n) is 14.4. The standard InChI is InChI=1S/C39H57N3O5/c1-4-5-8-13-28(14-9-6-7-12-21-40(2)3)35(43)27-41-26-32(29-17-18-36-31(24-29)20-23-47-36)38(39(45)46)34(41)19-22-42-33-16-11-10-15-30(33)25-37(42)44/h10-11,15-18,24,28,32,34,37-38,44H,4-9,12-14,19-23,25-27H2,1-3H3,(H,45,46)/t28?,32-,34+,37?,38-/m1/s1. The number of nitrogens with zero attached hydrogens (tertiary/aromatic N) is 3. The first-order chi connectivity index (χ1) is 22.8. The number of carboxylic acid groups (broad SMARTS) is 1. The molecule has 0 saturated carbocycles. The molecule has 0 radical (unpaired) electrons. The number of ketones is 1. The summed E-state index contributed by atoms with van der Waals surface area (Å²) in [4.78, 5) is 33.7. The third-order valence-corrected chi connectivity index (χ3v) is 10.8. The fourth-order valence-electron chi connectivity index (χ4n) is 8.21. The number of Topliss-reactive ketones (excluding diaryl/α,β-unsaturated/α-hetero) is 1. The zero-order chi connectivity index (χ0) is 33.3. The van der Waals surface area contributed by atoms with Crippen LogP contribution in [0.3, 0.4) is 0 Å². The molecular weight excluding hydrogens is 590 g/mol. The molecule has 2 N–H and O–H groups in total. The summed E-state index contributed by atoms with van der Waals surface area (Å²) in [5, 5.41) is 21.7. The van der Waals surface area contributed by atoms with Crippen molar-refractivity contribution < 1.29 is 24.5 Å². The van der Waals surface area contributed by atoms with Crippen LogP contribution in [0.15, 0.2) is 42.5 Å². The summed E-state index contributed by atoms with van der Waals surface area (Å²) in [5.41, 5.74) is 4.29. The lowest BCUT2D eigenvalue weighted by Crippen LogP contribution is -2.43. The molecule has 3 aliphatic rings. The highest BCUT2D eigenvalue weighted by Gasteiger charge is 2.47. The molecule has 47 heavy (non-hydrogen) atoms. The van der Waals surface area contributed by atoms with Crippen LogP contribution in [0.2, 0.25) is 0 Å². The number of benzene rings is 2. The fraction of sp³-hybridized carbons (Fsp3) is 0.641. The molecule has 3 heterocycles. The number of aliphatic hydroxyl groups is 1. The summed E-state index contributed by atoms with van der Waals surface area (Å²) in [6.07, 6.45) is 11.0. The van der Waals surface area contributed by atoms with Crippen LogP contribution in [0, 0.1) is 11.8 Å². The Morgan fingerprint density at radius 1 is 1.00 bits per heavy atom. The third-order valence-electron chi connectivity index (χ3n) is 10.8. The lowest BCUT2D eigenvalue weighted by molar-refractivity contribution is -0.143. The van der Waals surface area contributed by atoms with E-state index >= 15 is 0 Å². The van der Waals surface area contributed by atoms with E-state index in [-0.39, 0.29) is 30.2 Å². The fourth-order valence-corrected chi connectivity index (χ4v) is 8.21. The van der Waals surface area contributed by atoms with Crippen molar-refractivity contribution in [3.8, 4) is 5.75 Å². The zero-order valence-corrected chi connectivity index (χ0v) is 28.9. The normalized spacial score (nSPS) is 22.8. The minimum Gasteiger partial charge on any atom is -0.493 e. The Kier molecular flexibility index (Phi) is 12.7. The molecule has 258 valence electrons. The van der Waals surface area contributed by atoms with E-state index in [1.54, 1.807) is 0 Å². The SMILES string of the molecule is CCCCCC(CCCCCCN(C)C)C(=O)CN1C[C@H](c2ccc3c(c2)CCO3)[C@@H](C(=O)O)[C@@H]1CCN1c2ccccc2CC1O. The van der Waals surface area contributed by atoms with E-state index < -0.39 is 18.1 Å². The number of fused-ring (bicyclic) bond motifs is 2. The molecule has 1 fully saturated rings. The molecule has 0 aliphatic carbocycles. The maximum Gasteiger partial charge on any atom is 0.308 e. The highest BCUT2D eigenvalue weighted by atomic mass is 16.5. The molecule has 2 aromatic carbocycles. The molecule has 0 spiro atoms. The number of carbonyl (C=O) groups is 2. The van der Waals surface area contributed by atoms with Crippen LogP contribution >= 0.6 is 0 Å². The Hall–Kier alpha value is -2.94. The van der Waals surface area contributed by atoms with E-state index in [0.29, 0.717) is 32.5 Å². The van der Waals surface area contributed by atoms with Crippen molar-refractivity contribution in [2.24, 2.45) is 11.8 Å². The molecule has 2 unspecified atom stereocenters. The average Bonchev–Trinajstić information content (AvgIpc) is 3.75. The van der Waals surface area contributed by atoms with Gasteiger partial charge in [0, 0.05) is 49.5 Å². The molecule has 5 atom stereocenters. The molecule has 5 rings (SSSR count). The van der Waals surface area contributed by atoms with Gasteiger partial charge in [0.15, 0.2) is 0 Å². The van der Waals surface area contributed by atoms with Gasteiger partial charge in [0.25, 0.3) is 0 Å². The lowest BCUT2D eigenvalue weighted by atomic mass is 9.83.